The zero-order chi connectivity index (χ0) is 21.4. The Bertz CT molecular complexity index is 569. The van der Waals surface area contributed by atoms with Crippen LogP contribution in [0.4, 0.5) is 0 Å². The molecule has 0 aromatic heterocycles. The van der Waals surface area contributed by atoms with Gasteiger partial charge in [0.1, 0.15) is 0 Å². The molecule has 0 aromatic carbocycles. The van der Waals surface area contributed by atoms with Gasteiger partial charge in [-0.05, 0) is 54.4 Å². The van der Waals surface area contributed by atoms with Gasteiger partial charge in [0.25, 0.3) is 0 Å². The molecule has 1 aliphatic heterocycles. The molecule has 0 radical (unpaired) electrons. The van der Waals surface area contributed by atoms with Gasteiger partial charge in [-0.15, -0.1) is 4.76 Å². The molecule has 28 heavy (non-hydrogen) atoms. The number of hydrogen-bond donors (Lipinski definition) is 0. The molecule has 0 atom stereocenters. The van der Waals surface area contributed by atoms with Crippen molar-refractivity contribution >= 4 is 13.7 Å². The fourth-order valence-corrected chi connectivity index (χ4v) is 4.69. The third-order valence-corrected chi connectivity index (χ3v) is 5.63. The van der Waals surface area contributed by atoms with Crippen LogP contribution in [-0.4, -0.2) is 53.1 Å². The summed E-state index contributed by atoms with van der Waals surface area (Å²) in [6, 6.07) is 0. The molecule has 1 fully saturated rings. The van der Waals surface area contributed by atoms with Crippen LogP contribution in [0.1, 0.15) is 68.2 Å². The van der Waals surface area contributed by atoms with Crippen molar-refractivity contribution in [3.63, 3.8) is 0 Å². The Hall–Kier alpha value is -1.10. The summed E-state index contributed by atoms with van der Waals surface area (Å²) in [5, 5.41) is 0. The smallest absolute Gasteiger partial charge is 0.337 e. The fourth-order valence-electron chi connectivity index (χ4n) is 2.71. The molecule has 6 nitrogen and oxygen atoms in total. The Morgan fingerprint density at radius 1 is 0.857 bits per heavy atom. The van der Waals surface area contributed by atoms with Gasteiger partial charge < -0.3 is 9.80 Å². The van der Waals surface area contributed by atoms with Gasteiger partial charge >= 0.3 is 7.75 Å². The minimum atomic E-state index is -3.71. The van der Waals surface area contributed by atoms with Gasteiger partial charge in [-0.2, -0.15) is 0 Å². The van der Waals surface area contributed by atoms with Crippen LogP contribution >= 0.6 is 7.75 Å². The Balaban J connectivity index is 3.26. The van der Waals surface area contributed by atoms with Crippen LogP contribution in [0.5, 0.6) is 0 Å². The van der Waals surface area contributed by atoms with Crippen molar-refractivity contribution in [1.29, 1.82) is 0 Å². The number of hydrogen-bond acceptors (Lipinski definition) is 3. The standard InChI is InChI=1S/C21H40N3O3P/c1-9-11-13-15-23-17-18-24(16-14-12-10-2)19(23)22-28(25,26-20(3,4)5)27-21(6,7)8/h11-14H,9-10,15-18H2,1-8H3/b13-11-,14-12-. The van der Waals surface area contributed by atoms with Gasteiger partial charge in [0, 0.05) is 26.2 Å². The maximum absolute atomic E-state index is 13.6. The minimum Gasteiger partial charge on any atom is -0.337 e. The Kier molecular flexibility index (Phi) is 9.45. The molecule has 0 N–H and O–H groups in total. The van der Waals surface area contributed by atoms with E-state index in [1.165, 1.54) is 0 Å². The molecule has 1 saturated heterocycles. The van der Waals surface area contributed by atoms with Crippen molar-refractivity contribution in [2.75, 3.05) is 26.2 Å². The molecular weight excluding hydrogens is 373 g/mol. The maximum atomic E-state index is 13.6. The molecule has 0 saturated carbocycles. The van der Waals surface area contributed by atoms with Crippen molar-refractivity contribution in [3.8, 4) is 0 Å². The van der Waals surface area contributed by atoms with Crippen molar-refractivity contribution < 1.29 is 13.6 Å². The Labute approximate surface area is 172 Å². The topological polar surface area (TPSA) is 54.4 Å². The predicted molar refractivity (Wildman–Crippen MR) is 119 cm³/mol. The monoisotopic (exact) mass is 413 g/mol. The predicted octanol–water partition coefficient (Wildman–Crippen LogP) is 5.63. The summed E-state index contributed by atoms with van der Waals surface area (Å²) in [5.74, 6) is 0.679. The van der Waals surface area contributed by atoms with Crippen LogP contribution in [0.3, 0.4) is 0 Å². The second-order valence-electron chi connectivity index (χ2n) is 8.93. The second-order valence-corrected chi connectivity index (χ2v) is 10.4. The molecule has 1 heterocycles. The molecule has 1 rings (SSSR count). The normalized spacial score (nSPS) is 16.8. The number of rotatable bonds is 9. The molecule has 0 spiro atoms. The zero-order valence-corrected chi connectivity index (χ0v) is 20.0. The van der Waals surface area contributed by atoms with Gasteiger partial charge in [-0.3, -0.25) is 9.05 Å². The molecular formula is C21H40N3O3P. The van der Waals surface area contributed by atoms with Crippen LogP contribution in [-0.2, 0) is 13.6 Å². The Morgan fingerprint density at radius 3 is 1.57 bits per heavy atom. The van der Waals surface area contributed by atoms with Crippen LogP contribution in [0.25, 0.3) is 0 Å². The highest BCUT2D eigenvalue weighted by Crippen LogP contribution is 2.56. The lowest BCUT2D eigenvalue weighted by molar-refractivity contribution is 0.0493. The van der Waals surface area contributed by atoms with Gasteiger partial charge in [0.05, 0.1) is 11.2 Å². The maximum Gasteiger partial charge on any atom is 0.458 e. The summed E-state index contributed by atoms with van der Waals surface area (Å²) in [4.78, 5) is 4.27. The summed E-state index contributed by atoms with van der Waals surface area (Å²) in [6.07, 6.45) is 10.5. The largest absolute Gasteiger partial charge is 0.458 e. The van der Waals surface area contributed by atoms with E-state index in [0.29, 0.717) is 5.96 Å². The molecule has 0 amide bonds. The lowest BCUT2D eigenvalue weighted by Crippen LogP contribution is -2.34. The molecule has 7 heteroatoms. The number of nitrogens with zero attached hydrogens (tertiary/aromatic N) is 3. The van der Waals surface area contributed by atoms with Gasteiger partial charge in [-0.1, -0.05) is 38.2 Å². The second kappa shape index (κ2) is 10.6. The fraction of sp³-hybridized carbons (Fsp3) is 0.762. The average molecular weight is 414 g/mol. The van der Waals surface area contributed by atoms with E-state index in [-0.39, 0.29) is 0 Å². The van der Waals surface area contributed by atoms with E-state index in [4.69, 9.17) is 9.05 Å². The van der Waals surface area contributed by atoms with E-state index in [0.717, 1.165) is 39.0 Å². The molecule has 0 aromatic rings. The van der Waals surface area contributed by atoms with Crippen molar-refractivity contribution in [2.45, 2.75) is 79.4 Å². The first kappa shape index (κ1) is 24.9. The van der Waals surface area contributed by atoms with E-state index in [2.05, 4.69) is 52.7 Å². The van der Waals surface area contributed by atoms with Gasteiger partial charge in [0.2, 0.25) is 5.96 Å². The SMILES string of the molecule is CC/C=C\CN1CCN(C/C=C\CC)C1=NP(=O)(OC(C)(C)C)OC(C)(C)C. The lowest BCUT2D eigenvalue weighted by atomic mass is 10.2. The third kappa shape index (κ3) is 9.40. The highest BCUT2D eigenvalue weighted by Gasteiger charge is 2.38. The first-order valence-electron chi connectivity index (χ1n) is 10.3. The summed E-state index contributed by atoms with van der Waals surface area (Å²) < 4.78 is 30.0. The van der Waals surface area contributed by atoms with E-state index < -0.39 is 18.9 Å². The first-order valence-corrected chi connectivity index (χ1v) is 11.8. The molecule has 0 aliphatic carbocycles. The van der Waals surface area contributed by atoms with E-state index in [9.17, 15) is 4.57 Å². The molecule has 162 valence electrons. The average Bonchev–Trinajstić information content (AvgIpc) is 2.86. The van der Waals surface area contributed by atoms with Crippen LogP contribution < -0.4 is 0 Å². The summed E-state index contributed by atoms with van der Waals surface area (Å²) >= 11 is 0. The van der Waals surface area contributed by atoms with E-state index in [1.807, 2.05) is 41.5 Å². The summed E-state index contributed by atoms with van der Waals surface area (Å²) in [5.41, 5.74) is -1.27. The van der Waals surface area contributed by atoms with E-state index >= 15 is 0 Å². The van der Waals surface area contributed by atoms with Gasteiger partial charge in [-0.25, -0.2) is 4.57 Å². The van der Waals surface area contributed by atoms with Crippen molar-refractivity contribution in [3.05, 3.63) is 24.3 Å². The summed E-state index contributed by atoms with van der Waals surface area (Å²) in [7, 11) is -3.71. The van der Waals surface area contributed by atoms with Gasteiger partial charge in [0.15, 0.2) is 0 Å². The third-order valence-electron chi connectivity index (χ3n) is 3.65. The Morgan fingerprint density at radius 2 is 1.25 bits per heavy atom. The summed E-state index contributed by atoms with van der Waals surface area (Å²) in [6.45, 7) is 18.5. The van der Waals surface area contributed by atoms with E-state index in [1.54, 1.807) is 0 Å². The number of guanidine groups is 1. The minimum absolute atomic E-state index is 0.636. The van der Waals surface area contributed by atoms with Crippen LogP contribution in [0.2, 0.25) is 0 Å². The molecule has 1 aliphatic rings. The van der Waals surface area contributed by atoms with Crippen LogP contribution in [0.15, 0.2) is 29.1 Å². The molecule has 0 unspecified atom stereocenters. The molecule has 0 bridgehead atoms. The quantitative estimate of drug-likeness (QED) is 0.362. The first-order chi connectivity index (χ1) is 12.9. The lowest BCUT2D eigenvalue weighted by Gasteiger charge is -2.31. The van der Waals surface area contributed by atoms with Crippen molar-refractivity contribution in [2.24, 2.45) is 4.76 Å². The van der Waals surface area contributed by atoms with Crippen LogP contribution in [0, 0.1) is 0 Å². The van der Waals surface area contributed by atoms with Crippen molar-refractivity contribution in [1.82, 2.24) is 9.80 Å². The zero-order valence-electron chi connectivity index (χ0n) is 19.1. The highest BCUT2D eigenvalue weighted by atomic mass is 31.2. The highest BCUT2D eigenvalue weighted by molar-refractivity contribution is 7.52. The number of allylic oxidation sites excluding steroid dienone is 2.